The van der Waals surface area contributed by atoms with Gasteiger partial charge < -0.3 is 10.2 Å². The van der Waals surface area contributed by atoms with Gasteiger partial charge in [-0.3, -0.25) is 4.79 Å². The molecule has 22 heavy (non-hydrogen) atoms. The molecular formula is C16H21N5O. The van der Waals surface area contributed by atoms with Gasteiger partial charge in [0.05, 0.1) is 11.9 Å². The lowest BCUT2D eigenvalue weighted by Gasteiger charge is -2.13. The van der Waals surface area contributed by atoms with Gasteiger partial charge in [0.25, 0.3) is 5.91 Å². The highest BCUT2D eigenvalue weighted by Gasteiger charge is 2.12. The number of amides is 1. The number of hydrogen-bond acceptors (Lipinski definition) is 4. The zero-order chi connectivity index (χ0) is 15.2. The van der Waals surface area contributed by atoms with E-state index in [0.717, 1.165) is 18.7 Å². The molecule has 0 spiro atoms. The molecule has 1 aliphatic rings. The van der Waals surface area contributed by atoms with Crippen molar-refractivity contribution in [2.24, 2.45) is 0 Å². The maximum atomic E-state index is 12.0. The van der Waals surface area contributed by atoms with E-state index in [-0.39, 0.29) is 5.91 Å². The second kappa shape index (κ2) is 7.17. The van der Waals surface area contributed by atoms with Gasteiger partial charge in [0.1, 0.15) is 0 Å². The number of aromatic nitrogens is 3. The first-order valence-electron chi connectivity index (χ1n) is 7.81. The third-order valence-electron chi connectivity index (χ3n) is 3.85. The van der Waals surface area contributed by atoms with Crippen LogP contribution in [0.3, 0.4) is 0 Å². The molecule has 1 N–H and O–H groups in total. The SMILES string of the molecule is O=C(NCCCN1CCCC1)c1cnn(-c2ccccc2)n1. The quantitative estimate of drug-likeness (QED) is 0.821. The van der Waals surface area contributed by atoms with Gasteiger partial charge >= 0.3 is 0 Å². The Labute approximate surface area is 130 Å². The minimum absolute atomic E-state index is 0.163. The highest BCUT2D eigenvalue weighted by atomic mass is 16.2. The average Bonchev–Trinajstić information content (AvgIpc) is 3.24. The molecule has 0 radical (unpaired) electrons. The lowest BCUT2D eigenvalue weighted by atomic mass is 10.3. The molecule has 2 aromatic rings. The molecule has 1 aromatic carbocycles. The average molecular weight is 299 g/mol. The Bertz CT molecular complexity index is 604. The zero-order valence-electron chi connectivity index (χ0n) is 12.6. The van der Waals surface area contributed by atoms with Crippen molar-refractivity contribution in [1.29, 1.82) is 0 Å². The van der Waals surface area contributed by atoms with Crippen molar-refractivity contribution < 1.29 is 4.79 Å². The Morgan fingerprint density at radius 2 is 1.95 bits per heavy atom. The van der Waals surface area contributed by atoms with E-state index in [1.54, 1.807) is 0 Å². The van der Waals surface area contributed by atoms with Crippen molar-refractivity contribution in [2.45, 2.75) is 19.3 Å². The van der Waals surface area contributed by atoms with Crippen LogP contribution in [-0.4, -0.2) is 52.0 Å². The second-order valence-corrected chi connectivity index (χ2v) is 5.51. The number of benzene rings is 1. The Hall–Kier alpha value is -2.21. The maximum absolute atomic E-state index is 12.0. The Morgan fingerprint density at radius 3 is 2.73 bits per heavy atom. The molecule has 1 aliphatic heterocycles. The Kier molecular flexibility index (Phi) is 4.80. The summed E-state index contributed by atoms with van der Waals surface area (Å²) in [5.74, 6) is -0.163. The van der Waals surface area contributed by atoms with Crippen LogP contribution in [0, 0.1) is 0 Å². The molecule has 116 valence electrons. The molecule has 3 rings (SSSR count). The van der Waals surface area contributed by atoms with Gasteiger partial charge in [0.15, 0.2) is 5.69 Å². The molecule has 1 fully saturated rings. The molecule has 0 atom stereocenters. The van der Waals surface area contributed by atoms with E-state index in [4.69, 9.17) is 0 Å². The number of rotatable bonds is 6. The second-order valence-electron chi connectivity index (χ2n) is 5.51. The third kappa shape index (κ3) is 3.71. The molecule has 0 saturated carbocycles. The highest BCUT2D eigenvalue weighted by molar-refractivity contribution is 5.91. The Morgan fingerprint density at radius 1 is 1.18 bits per heavy atom. The molecule has 1 aromatic heterocycles. The van der Waals surface area contributed by atoms with Crippen molar-refractivity contribution in [3.8, 4) is 5.69 Å². The first-order valence-corrected chi connectivity index (χ1v) is 7.81. The summed E-state index contributed by atoms with van der Waals surface area (Å²) in [6.45, 7) is 4.11. The number of carbonyl (C=O) groups is 1. The van der Waals surface area contributed by atoms with Crippen molar-refractivity contribution in [3.63, 3.8) is 0 Å². The molecular weight excluding hydrogens is 278 g/mol. The molecule has 6 heteroatoms. The molecule has 0 bridgehead atoms. The summed E-state index contributed by atoms with van der Waals surface area (Å²) in [5.41, 5.74) is 1.20. The fourth-order valence-electron chi connectivity index (χ4n) is 2.65. The van der Waals surface area contributed by atoms with Gasteiger partial charge in [0.2, 0.25) is 0 Å². The van der Waals surface area contributed by atoms with Gasteiger partial charge in [-0.25, -0.2) is 0 Å². The van der Waals surface area contributed by atoms with Crippen LogP contribution < -0.4 is 5.32 Å². The first-order chi connectivity index (χ1) is 10.8. The van der Waals surface area contributed by atoms with E-state index in [1.165, 1.54) is 36.9 Å². The van der Waals surface area contributed by atoms with Crippen LogP contribution in [0.5, 0.6) is 0 Å². The van der Waals surface area contributed by atoms with Gasteiger partial charge in [0, 0.05) is 6.54 Å². The van der Waals surface area contributed by atoms with E-state index in [1.807, 2.05) is 30.3 Å². The number of carbonyl (C=O) groups excluding carboxylic acids is 1. The van der Waals surface area contributed by atoms with Crippen LogP contribution >= 0.6 is 0 Å². The summed E-state index contributed by atoms with van der Waals surface area (Å²) in [6, 6.07) is 9.56. The van der Waals surface area contributed by atoms with Crippen LogP contribution in [-0.2, 0) is 0 Å². The molecule has 2 heterocycles. The topological polar surface area (TPSA) is 63.1 Å². The summed E-state index contributed by atoms with van der Waals surface area (Å²) in [6.07, 6.45) is 5.07. The highest BCUT2D eigenvalue weighted by Crippen LogP contribution is 2.07. The lowest BCUT2D eigenvalue weighted by molar-refractivity contribution is 0.0946. The standard InChI is InChI=1S/C16H21N5O/c22-16(17-9-6-12-20-10-4-5-11-20)15-13-18-21(19-15)14-7-2-1-3-8-14/h1-3,7-8,13H,4-6,9-12H2,(H,17,22). The normalized spacial score (nSPS) is 15.1. The van der Waals surface area contributed by atoms with E-state index >= 15 is 0 Å². The largest absolute Gasteiger partial charge is 0.351 e. The monoisotopic (exact) mass is 299 g/mol. The number of nitrogens with zero attached hydrogens (tertiary/aromatic N) is 4. The van der Waals surface area contributed by atoms with Crippen LogP contribution in [0.1, 0.15) is 29.8 Å². The maximum Gasteiger partial charge on any atom is 0.273 e. The van der Waals surface area contributed by atoms with Crippen LogP contribution in [0.15, 0.2) is 36.5 Å². The number of nitrogens with one attached hydrogen (secondary N) is 1. The predicted octanol–water partition coefficient (Wildman–Crippen LogP) is 1.48. The van der Waals surface area contributed by atoms with Gasteiger partial charge in [-0.15, -0.1) is 5.10 Å². The summed E-state index contributed by atoms with van der Waals surface area (Å²) in [5, 5.41) is 11.3. The van der Waals surface area contributed by atoms with Crippen molar-refractivity contribution in [2.75, 3.05) is 26.2 Å². The number of hydrogen-bond donors (Lipinski definition) is 1. The zero-order valence-corrected chi connectivity index (χ0v) is 12.6. The van der Waals surface area contributed by atoms with Crippen LogP contribution in [0.2, 0.25) is 0 Å². The Balaban J connectivity index is 1.47. The van der Waals surface area contributed by atoms with E-state index in [9.17, 15) is 4.79 Å². The summed E-state index contributed by atoms with van der Waals surface area (Å²) >= 11 is 0. The summed E-state index contributed by atoms with van der Waals surface area (Å²) in [4.78, 5) is 16.0. The van der Waals surface area contributed by atoms with Crippen LogP contribution in [0.25, 0.3) is 5.69 Å². The fraction of sp³-hybridized carbons (Fsp3) is 0.438. The lowest BCUT2D eigenvalue weighted by Crippen LogP contribution is -2.29. The van der Waals surface area contributed by atoms with Crippen molar-refractivity contribution in [3.05, 3.63) is 42.2 Å². The first kappa shape index (κ1) is 14.7. The van der Waals surface area contributed by atoms with Crippen molar-refractivity contribution >= 4 is 5.91 Å². The fourth-order valence-corrected chi connectivity index (χ4v) is 2.65. The van der Waals surface area contributed by atoms with Gasteiger partial charge in [-0.05, 0) is 51.0 Å². The predicted molar refractivity (Wildman–Crippen MR) is 84.0 cm³/mol. The molecule has 1 saturated heterocycles. The molecule has 0 aliphatic carbocycles. The summed E-state index contributed by atoms with van der Waals surface area (Å²) in [7, 11) is 0. The van der Waals surface area contributed by atoms with Crippen LogP contribution in [0.4, 0.5) is 0 Å². The molecule has 1 amide bonds. The number of likely N-dealkylation sites (tertiary alicyclic amines) is 1. The van der Waals surface area contributed by atoms with Crippen molar-refractivity contribution in [1.82, 2.24) is 25.2 Å². The minimum Gasteiger partial charge on any atom is -0.351 e. The van der Waals surface area contributed by atoms with Gasteiger partial charge in [-0.1, -0.05) is 18.2 Å². The van der Waals surface area contributed by atoms with E-state index in [2.05, 4.69) is 20.4 Å². The molecule has 6 nitrogen and oxygen atoms in total. The number of para-hydroxylation sites is 1. The van der Waals surface area contributed by atoms with E-state index in [0.29, 0.717) is 12.2 Å². The van der Waals surface area contributed by atoms with Gasteiger partial charge in [-0.2, -0.15) is 9.90 Å². The smallest absolute Gasteiger partial charge is 0.273 e. The molecule has 0 unspecified atom stereocenters. The summed E-state index contributed by atoms with van der Waals surface area (Å²) < 4.78 is 0. The van der Waals surface area contributed by atoms with E-state index < -0.39 is 0 Å². The minimum atomic E-state index is -0.163. The third-order valence-corrected chi connectivity index (χ3v) is 3.85.